The van der Waals surface area contributed by atoms with Gasteiger partial charge in [-0.15, -0.1) is 0 Å². The Morgan fingerprint density at radius 3 is 2.42 bits per heavy atom. The van der Waals surface area contributed by atoms with Crippen LogP contribution in [0.4, 0.5) is 0 Å². The van der Waals surface area contributed by atoms with Crippen molar-refractivity contribution in [2.75, 3.05) is 6.54 Å². The predicted molar refractivity (Wildman–Crippen MR) is 71.9 cm³/mol. The van der Waals surface area contributed by atoms with E-state index >= 15 is 0 Å². The van der Waals surface area contributed by atoms with Crippen LogP contribution in [-0.4, -0.2) is 34.3 Å². The van der Waals surface area contributed by atoms with Crippen LogP contribution in [0.1, 0.15) is 34.1 Å². The Kier molecular flexibility index (Phi) is 7.40. The van der Waals surface area contributed by atoms with Gasteiger partial charge in [0.2, 0.25) is 11.9 Å². The molecular formula is C12H21N3O4. The lowest BCUT2D eigenvalue weighted by atomic mass is 9.93. The largest absolute Gasteiger partial charge is 0.411 e. The molecule has 1 atom stereocenters. The van der Waals surface area contributed by atoms with E-state index in [0.717, 1.165) is 0 Å². The van der Waals surface area contributed by atoms with Gasteiger partial charge in [-0.05, 0) is 12.5 Å². The Hall–Kier alpha value is -1.92. The molecule has 0 aliphatic heterocycles. The number of hydrogen-bond donors (Lipinski definition) is 2. The van der Waals surface area contributed by atoms with Crippen LogP contribution in [-0.2, 0) is 4.79 Å². The van der Waals surface area contributed by atoms with E-state index in [4.69, 9.17) is 5.21 Å². The molecule has 19 heavy (non-hydrogen) atoms. The van der Waals surface area contributed by atoms with Crippen molar-refractivity contribution in [1.82, 2.24) is 5.32 Å². The number of carbonyl (C=O) groups is 1. The highest BCUT2D eigenvalue weighted by Gasteiger charge is 2.28. The SMILES string of the molecule is CCC(=CC(CNC(C)=O)=NO)C(C(C)C)[N+](=O)[O-]. The maximum atomic E-state index is 11.1. The molecule has 108 valence electrons. The van der Waals surface area contributed by atoms with Gasteiger partial charge in [0, 0.05) is 23.3 Å². The maximum absolute atomic E-state index is 11.1. The summed E-state index contributed by atoms with van der Waals surface area (Å²) >= 11 is 0. The number of hydrogen-bond acceptors (Lipinski definition) is 5. The zero-order valence-electron chi connectivity index (χ0n) is 11.7. The Balaban J connectivity index is 5.13. The van der Waals surface area contributed by atoms with Gasteiger partial charge in [-0.25, -0.2) is 0 Å². The third-order valence-corrected chi connectivity index (χ3v) is 2.65. The summed E-state index contributed by atoms with van der Waals surface area (Å²) in [5, 5.41) is 25.5. The minimum Gasteiger partial charge on any atom is -0.411 e. The zero-order valence-corrected chi connectivity index (χ0v) is 11.7. The predicted octanol–water partition coefficient (Wildman–Crippen LogP) is 1.59. The van der Waals surface area contributed by atoms with Crippen LogP contribution in [0.5, 0.6) is 0 Å². The molecule has 1 unspecified atom stereocenters. The minimum absolute atomic E-state index is 0.0395. The summed E-state index contributed by atoms with van der Waals surface area (Å²) in [5.74, 6) is -0.427. The molecule has 0 spiro atoms. The van der Waals surface area contributed by atoms with E-state index < -0.39 is 6.04 Å². The molecule has 0 aliphatic carbocycles. The Morgan fingerprint density at radius 2 is 2.11 bits per heavy atom. The van der Waals surface area contributed by atoms with Crippen molar-refractivity contribution in [3.8, 4) is 0 Å². The number of amides is 1. The molecule has 0 fully saturated rings. The summed E-state index contributed by atoms with van der Waals surface area (Å²) in [6, 6.07) is -0.820. The lowest BCUT2D eigenvalue weighted by Gasteiger charge is -2.15. The summed E-state index contributed by atoms with van der Waals surface area (Å²) in [7, 11) is 0. The normalized spacial score (nSPS) is 14.4. The second kappa shape index (κ2) is 8.23. The highest BCUT2D eigenvalue weighted by Crippen LogP contribution is 2.18. The zero-order chi connectivity index (χ0) is 15.0. The number of nitro groups is 1. The molecule has 0 aromatic heterocycles. The van der Waals surface area contributed by atoms with Crippen LogP contribution in [0.25, 0.3) is 0 Å². The molecular weight excluding hydrogens is 250 g/mol. The first kappa shape index (κ1) is 17.1. The number of carbonyl (C=O) groups excluding carboxylic acids is 1. The molecule has 7 nitrogen and oxygen atoms in total. The van der Waals surface area contributed by atoms with Gasteiger partial charge in [0.25, 0.3) is 0 Å². The standard InChI is InChI=1S/C12H21N3O4/c1-5-10(12(8(2)3)15(18)19)6-11(14-17)7-13-9(4)16/h6,8,12,17H,5,7H2,1-4H3,(H,13,16). The molecule has 0 saturated carbocycles. The van der Waals surface area contributed by atoms with E-state index in [9.17, 15) is 14.9 Å². The molecule has 0 aromatic rings. The fraction of sp³-hybridized carbons (Fsp3) is 0.667. The van der Waals surface area contributed by atoms with E-state index in [2.05, 4.69) is 10.5 Å². The van der Waals surface area contributed by atoms with Gasteiger partial charge < -0.3 is 10.5 Å². The second-order valence-electron chi connectivity index (χ2n) is 4.55. The van der Waals surface area contributed by atoms with Crippen LogP contribution in [0.3, 0.4) is 0 Å². The van der Waals surface area contributed by atoms with E-state index in [-0.39, 0.29) is 29.0 Å². The quantitative estimate of drug-likeness (QED) is 0.317. The van der Waals surface area contributed by atoms with Crippen molar-refractivity contribution < 1.29 is 14.9 Å². The molecule has 0 bridgehead atoms. The third kappa shape index (κ3) is 5.98. The lowest BCUT2D eigenvalue weighted by molar-refractivity contribution is -0.520. The van der Waals surface area contributed by atoms with Crippen LogP contribution in [0.15, 0.2) is 16.8 Å². The van der Waals surface area contributed by atoms with E-state index in [1.54, 1.807) is 20.8 Å². The van der Waals surface area contributed by atoms with Crippen LogP contribution >= 0.6 is 0 Å². The number of rotatable bonds is 7. The highest BCUT2D eigenvalue weighted by molar-refractivity contribution is 5.98. The van der Waals surface area contributed by atoms with Gasteiger partial charge in [0.15, 0.2) is 0 Å². The van der Waals surface area contributed by atoms with Crippen molar-refractivity contribution >= 4 is 11.6 Å². The second-order valence-corrected chi connectivity index (χ2v) is 4.55. The molecule has 7 heteroatoms. The van der Waals surface area contributed by atoms with Gasteiger partial charge in [-0.3, -0.25) is 14.9 Å². The number of oxime groups is 1. The first-order chi connectivity index (χ1) is 8.83. The van der Waals surface area contributed by atoms with Gasteiger partial charge in [-0.1, -0.05) is 25.9 Å². The lowest BCUT2D eigenvalue weighted by Crippen LogP contribution is -2.30. The van der Waals surface area contributed by atoms with Gasteiger partial charge in [-0.2, -0.15) is 0 Å². The molecule has 0 heterocycles. The minimum atomic E-state index is -0.820. The fourth-order valence-corrected chi connectivity index (χ4v) is 1.75. The van der Waals surface area contributed by atoms with Crippen LogP contribution < -0.4 is 5.32 Å². The molecule has 0 saturated heterocycles. The summed E-state index contributed by atoms with van der Waals surface area (Å²) < 4.78 is 0. The average Bonchev–Trinajstić information content (AvgIpc) is 2.31. The number of nitrogens with one attached hydrogen (secondary N) is 1. The first-order valence-corrected chi connectivity index (χ1v) is 6.12. The molecule has 0 aliphatic rings. The Morgan fingerprint density at radius 1 is 1.53 bits per heavy atom. The molecule has 0 aromatic carbocycles. The van der Waals surface area contributed by atoms with Crippen LogP contribution in [0, 0.1) is 16.0 Å². The summed E-state index contributed by atoms with van der Waals surface area (Å²) in [6.07, 6.45) is 1.95. The monoisotopic (exact) mass is 271 g/mol. The van der Waals surface area contributed by atoms with E-state index in [1.165, 1.54) is 13.0 Å². The summed E-state index contributed by atoms with van der Waals surface area (Å²) in [6.45, 7) is 6.71. The third-order valence-electron chi connectivity index (χ3n) is 2.65. The van der Waals surface area contributed by atoms with Gasteiger partial charge >= 0.3 is 0 Å². The Bertz CT molecular complexity index is 388. The van der Waals surface area contributed by atoms with Crippen LogP contribution in [0.2, 0.25) is 0 Å². The van der Waals surface area contributed by atoms with Crippen molar-refractivity contribution in [3.63, 3.8) is 0 Å². The molecule has 0 radical (unpaired) electrons. The molecule has 1 amide bonds. The Labute approximate surface area is 112 Å². The van der Waals surface area contributed by atoms with E-state index in [0.29, 0.717) is 12.0 Å². The van der Waals surface area contributed by atoms with Crippen molar-refractivity contribution in [2.24, 2.45) is 11.1 Å². The highest BCUT2D eigenvalue weighted by atomic mass is 16.6. The van der Waals surface area contributed by atoms with Gasteiger partial charge in [0.05, 0.1) is 12.3 Å². The fourth-order valence-electron chi connectivity index (χ4n) is 1.75. The summed E-state index contributed by atoms with van der Waals surface area (Å²) in [5.41, 5.74) is 0.762. The maximum Gasteiger partial charge on any atom is 0.236 e. The molecule has 0 rings (SSSR count). The van der Waals surface area contributed by atoms with Crippen molar-refractivity contribution in [3.05, 3.63) is 21.8 Å². The summed E-state index contributed by atoms with van der Waals surface area (Å²) in [4.78, 5) is 21.5. The van der Waals surface area contributed by atoms with Crippen molar-refractivity contribution in [1.29, 1.82) is 0 Å². The van der Waals surface area contributed by atoms with E-state index in [1.807, 2.05) is 0 Å². The van der Waals surface area contributed by atoms with Gasteiger partial charge in [0.1, 0.15) is 0 Å². The van der Waals surface area contributed by atoms with Crippen molar-refractivity contribution in [2.45, 2.75) is 40.2 Å². The topological polar surface area (TPSA) is 105 Å². The average molecular weight is 271 g/mol. The smallest absolute Gasteiger partial charge is 0.236 e. The number of nitrogens with zero attached hydrogens (tertiary/aromatic N) is 2. The molecule has 2 N–H and O–H groups in total. The first-order valence-electron chi connectivity index (χ1n) is 6.12.